The summed E-state index contributed by atoms with van der Waals surface area (Å²) in [5.41, 5.74) is 2.59. The normalized spacial score (nSPS) is 16.8. The number of fused-ring (bicyclic) bond motifs is 3. The van der Waals surface area contributed by atoms with Gasteiger partial charge >= 0.3 is 0 Å². The standard InChI is InChI=1S/C25H30N4O2S2/c1-2-29-24(31)22-19-10-6-7-11-20(19)33-23(22)26-25(29)32-17-21(30)28-14-12-27(13-15-28)16-18-8-4-3-5-9-18/h3-5,8-9H,2,6-7,10-17H2,1H3. The third-order valence-electron chi connectivity index (χ3n) is 6.65. The molecule has 0 N–H and O–H groups in total. The van der Waals surface area contributed by atoms with Crippen molar-refractivity contribution in [3.63, 3.8) is 0 Å². The minimum atomic E-state index is 0.0615. The second-order valence-corrected chi connectivity index (χ2v) is 10.8. The summed E-state index contributed by atoms with van der Waals surface area (Å²) in [6, 6.07) is 10.5. The van der Waals surface area contributed by atoms with E-state index in [4.69, 9.17) is 4.98 Å². The lowest BCUT2D eigenvalue weighted by Crippen LogP contribution is -2.48. The Bertz CT molecular complexity index is 1200. The first kappa shape index (κ1) is 22.6. The molecular formula is C25H30N4O2S2. The average Bonchev–Trinajstić information content (AvgIpc) is 3.22. The number of thioether (sulfide) groups is 1. The van der Waals surface area contributed by atoms with Crippen LogP contribution in [0.1, 0.15) is 35.8 Å². The molecule has 0 atom stereocenters. The summed E-state index contributed by atoms with van der Waals surface area (Å²) >= 11 is 3.08. The maximum absolute atomic E-state index is 13.3. The third kappa shape index (κ3) is 4.74. The maximum atomic E-state index is 13.3. The van der Waals surface area contributed by atoms with E-state index in [0.717, 1.165) is 62.2 Å². The number of amides is 1. The van der Waals surface area contributed by atoms with Gasteiger partial charge in [0.25, 0.3) is 5.56 Å². The topological polar surface area (TPSA) is 58.4 Å². The summed E-state index contributed by atoms with van der Waals surface area (Å²) in [5.74, 6) is 0.448. The van der Waals surface area contributed by atoms with Crippen molar-refractivity contribution >= 4 is 39.2 Å². The number of rotatable bonds is 6. The largest absolute Gasteiger partial charge is 0.339 e. The molecule has 3 heterocycles. The molecule has 0 spiro atoms. The molecule has 1 aromatic carbocycles. The van der Waals surface area contributed by atoms with Crippen LogP contribution in [-0.2, 0) is 30.7 Å². The van der Waals surface area contributed by atoms with Crippen molar-refractivity contribution < 1.29 is 4.79 Å². The zero-order chi connectivity index (χ0) is 22.8. The summed E-state index contributed by atoms with van der Waals surface area (Å²) in [6.07, 6.45) is 4.38. The van der Waals surface area contributed by atoms with Gasteiger partial charge in [0, 0.05) is 44.1 Å². The van der Waals surface area contributed by atoms with E-state index in [9.17, 15) is 9.59 Å². The van der Waals surface area contributed by atoms with Gasteiger partial charge in [-0.05, 0) is 43.7 Å². The smallest absolute Gasteiger partial charge is 0.263 e. The van der Waals surface area contributed by atoms with Gasteiger partial charge in [0.15, 0.2) is 5.16 Å². The molecule has 2 aromatic heterocycles. The minimum Gasteiger partial charge on any atom is -0.339 e. The van der Waals surface area contributed by atoms with E-state index < -0.39 is 0 Å². The SMILES string of the molecule is CCn1c(SCC(=O)N2CCN(Cc3ccccc3)CC2)nc2sc3c(c2c1=O)CCCC3. The zero-order valence-corrected chi connectivity index (χ0v) is 20.7. The second kappa shape index (κ2) is 9.99. The van der Waals surface area contributed by atoms with Crippen LogP contribution in [0.5, 0.6) is 0 Å². The van der Waals surface area contributed by atoms with Crippen molar-refractivity contribution in [2.24, 2.45) is 0 Å². The Balaban J connectivity index is 1.23. The number of carbonyl (C=O) groups is 1. The molecule has 1 aliphatic carbocycles. The van der Waals surface area contributed by atoms with Crippen LogP contribution >= 0.6 is 23.1 Å². The summed E-state index contributed by atoms with van der Waals surface area (Å²) in [5, 5.41) is 1.49. The van der Waals surface area contributed by atoms with Crippen LogP contribution in [0.2, 0.25) is 0 Å². The lowest BCUT2D eigenvalue weighted by molar-refractivity contribution is -0.130. The van der Waals surface area contributed by atoms with Gasteiger partial charge < -0.3 is 4.90 Å². The Morgan fingerprint density at radius 1 is 1.09 bits per heavy atom. The van der Waals surface area contributed by atoms with Gasteiger partial charge in [0.05, 0.1) is 11.1 Å². The fourth-order valence-corrected chi connectivity index (χ4v) is 7.09. The minimum absolute atomic E-state index is 0.0615. The van der Waals surface area contributed by atoms with Crippen LogP contribution < -0.4 is 5.56 Å². The third-order valence-corrected chi connectivity index (χ3v) is 8.80. The molecule has 33 heavy (non-hydrogen) atoms. The highest BCUT2D eigenvalue weighted by Gasteiger charge is 2.24. The first-order valence-electron chi connectivity index (χ1n) is 11.9. The van der Waals surface area contributed by atoms with Crippen molar-refractivity contribution in [2.45, 2.75) is 50.9 Å². The fourth-order valence-electron chi connectivity index (χ4n) is 4.82. The number of carbonyl (C=O) groups excluding carboxylic acids is 1. The monoisotopic (exact) mass is 482 g/mol. The predicted molar refractivity (Wildman–Crippen MR) is 135 cm³/mol. The molecule has 1 amide bonds. The molecule has 2 aliphatic rings. The number of piperazine rings is 1. The Labute approximate surface area is 202 Å². The number of hydrogen-bond acceptors (Lipinski definition) is 6. The van der Waals surface area contributed by atoms with Gasteiger partial charge in [0.1, 0.15) is 4.83 Å². The van der Waals surface area contributed by atoms with Crippen LogP contribution in [0.15, 0.2) is 40.3 Å². The van der Waals surface area contributed by atoms with E-state index >= 15 is 0 Å². The molecule has 0 radical (unpaired) electrons. The molecule has 8 heteroatoms. The van der Waals surface area contributed by atoms with E-state index in [0.29, 0.717) is 17.5 Å². The summed E-state index contributed by atoms with van der Waals surface area (Å²) < 4.78 is 1.75. The van der Waals surface area contributed by atoms with Gasteiger partial charge in [-0.3, -0.25) is 19.1 Å². The number of benzene rings is 1. The van der Waals surface area contributed by atoms with E-state index in [1.165, 1.54) is 34.2 Å². The quantitative estimate of drug-likeness (QED) is 0.395. The molecule has 1 fully saturated rings. The molecule has 0 bridgehead atoms. The first-order chi connectivity index (χ1) is 16.1. The Kier molecular flexibility index (Phi) is 6.85. The number of aryl methyl sites for hydroxylation is 2. The van der Waals surface area contributed by atoms with Crippen LogP contribution in [-0.4, -0.2) is 57.2 Å². The predicted octanol–water partition coefficient (Wildman–Crippen LogP) is 3.79. The van der Waals surface area contributed by atoms with Gasteiger partial charge in [-0.2, -0.15) is 0 Å². The number of hydrogen-bond donors (Lipinski definition) is 0. The highest BCUT2D eigenvalue weighted by Crippen LogP contribution is 2.34. The molecule has 1 saturated heterocycles. The average molecular weight is 483 g/mol. The summed E-state index contributed by atoms with van der Waals surface area (Å²) in [6.45, 7) is 6.74. The van der Waals surface area contributed by atoms with E-state index in [1.807, 2.05) is 17.9 Å². The van der Waals surface area contributed by atoms with Crippen LogP contribution in [0.3, 0.4) is 0 Å². The molecule has 0 saturated carbocycles. The van der Waals surface area contributed by atoms with Gasteiger partial charge in [-0.25, -0.2) is 4.98 Å². The van der Waals surface area contributed by atoms with E-state index in [-0.39, 0.29) is 11.5 Å². The molecule has 3 aromatic rings. The van der Waals surface area contributed by atoms with Gasteiger partial charge in [0.2, 0.25) is 5.91 Å². The fraction of sp³-hybridized carbons (Fsp3) is 0.480. The number of thiophene rings is 1. The maximum Gasteiger partial charge on any atom is 0.263 e. The Morgan fingerprint density at radius 2 is 1.85 bits per heavy atom. The van der Waals surface area contributed by atoms with Crippen molar-refractivity contribution in [2.75, 3.05) is 31.9 Å². The molecule has 0 unspecified atom stereocenters. The lowest BCUT2D eigenvalue weighted by Gasteiger charge is -2.34. The Morgan fingerprint density at radius 3 is 2.61 bits per heavy atom. The van der Waals surface area contributed by atoms with Crippen LogP contribution in [0.25, 0.3) is 10.2 Å². The second-order valence-electron chi connectivity index (χ2n) is 8.77. The molecular weight excluding hydrogens is 452 g/mol. The highest BCUT2D eigenvalue weighted by atomic mass is 32.2. The first-order valence-corrected chi connectivity index (χ1v) is 13.7. The highest BCUT2D eigenvalue weighted by molar-refractivity contribution is 7.99. The van der Waals surface area contributed by atoms with Gasteiger partial charge in [-0.1, -0.05) is 42.1 Å². The van der Waals surface area contributed by atoms with Crippen molar-refractivity contribution in [1.29, 1.82) is 0 Å². The summed E-state index contributed by atoms with van der Waals surface area (Å²) in [7, 11) is 0. The van der Waals surface area contributed by atoms with Gasteiger partial charge in [-0.15, -0.1) is 11.3 Å². The van der Waals surface area contributed by atoms with Crippen LogP contribution in [0.4, 0.5) is 0 Å². The molecule has 6 nitrogen and oxygen atoms in total. The summed E-state index contributed by atoms with van der Waals surface area (Å²) in [4.78, 5) is 37.6. The van der Waals surface area contributed by atoms with E-state index in [1.54, 1.807) is 15.9 Å². The van der Waals surface area contributed by atoms with Crippen molar-refractivity contribution in [1.82, 2.24) is 19.4 Å². The van der Waals surface area contributed by atoms with Crippen LogP contribution in [0, 0.1) is 0 Å². The van der Waals surface area contributed by atoms with Crippen molar-refractivity contribution in [3.05, 3.63) is 56.7 Å². The van der Waals surface area contributed by atoms with E-state index in [2.05, 4.69) is 29.2 Å². The molecule has 1 aliphatic heterocycles. The molecule has 5 rings (SSSR count). The van der Waals surface area contributed by atoms with Crippen molar-refractivity contribution in [3.8, 4) is 0 Å². The number of nitrogens with zero attached hydrogens (tertiary/aromatic N) is 4. The zero-order valence-electron chi connectivity index (χ0n) is 19.1. The number of aromatic nitrogens is 2. The molecule has 174 valence electrons. The lowest BCUT2D eigenvalue weighted by atomic mass is 9.97. The Hall–Kier alpha value is -2.16.